The molecule has 0 spiro atoms. The molecule has 0 amide bonds. The summed E-state index contributed by atoms with van der Waals surface area (Å²) in [5, 5.41) is 5.14. The average Bonchev–Trinajstić information content (AvgIpc) is 2.85. The van der Waals surface area contributed by atoms with E-state index in [0.717, 1.165) is 11.8 Å². The summed E-state index contributed by atoms with van der Waals surface area (Å²) in [5.41, 5.74) is 5.46. The van der Waals surface area contributed by atoms with Crippen LogP contribution in [0.15, 0.2) is 20.6 Å². The molecule has 0 aromatic heterocycles. The second-order valence-electron chi connectivity index (χ2n) is 8.03. The van der Waals surface area contributed by atoms with Crippen molar-refractivity contribution in [2.24, 2.45) is 11.8 Å². The van der Waals surface area contributed by atoms with Crippen LogP contribution in [0.1, 0.15) is 66.2 Å². The topological polar surface area (TPSA) is 3.24 Å². The van der Waals surface area contributed by atoms with Crippen molar-refractivity contribution in [2.45, 2.75) is 76.7 Å². The molecule has 0 heterocycles. The molecule has 2 unspecified atom stereocenters. The third kappa shape index (κ3) is 5.87. The van der Waals surface area contributed by atoms with E-state index >= 15 is 0 Å². The van der Waals surface area contributed by atoms with Crippen LogP contribution < -0.4 is 0 Å². The van der Waals surface area contributed by atoms with E-state index in [4.69, 9.17) is 0 Å². The Morgan fingerprint density at radius 2 is 1.57 bits per heavy atom. The molecular weight excluding hydrogens is 314 g/mol. The van der Waals surface area contributed by atoms with Crippen molar-refractivity contribution in [2.75, 3.05) is 20.6 Å². The average molecular weight is 354 g/mol. The van der Waals surface area contributed by atoms with Crippen molar-refractivity contribution in [1.82, 2.24) is 4.90 Å². The molecule has 0 aromatic carbocycles. The van der Waals surface area contributed by atoms with Crippen LogP contribution >= 0.6 is 0 Å². The molecular formula is C21H40NTi. The predicted octanol–water partition coefficient (Wildman–Crippen LogP) is 6.48. The van der Waals surface area contributed by atoms with Crippen LogP contribution in [0.25, 0.3) is 0 Å². The summed E-state index contributed by atoms with van der Waals surface area (Å²) >= 11 is -1.07. The molecule has 2 heteroatoms. The quantitative estimate of drug-likeness (QED) is 0.406. The zero-order chi connectivity index (χ0) is 17.6. The van der Waals surface area contributed by atoms with Gasteiger partial charge in [0.25, 0.3) is 0 Å². The summed E-state index contributed by atoms with van der Waals surface area (Å²) < 4.78 is 1.90. The summed E-state index contributed by atoms with van der Waals surface area (Å²) in [6.45, 7) is 10.8. The third-order valence-corrected chi connectivity index (χ3v) is 7.75. The second kappa shape index (κ2) is 10.2. The molecule has 1 nitrogen and oxygen atoms in total. The Kier molecular flexibility index (Phi) is 9.41. The van der Waals surface area contributed by atoms with Crippen LogP contribution in [0.3, 0.4) is 0 Å². The standard InChI is InChI=1S/C19H34N.2CH3.Ti/c1-7-9-15(3)18-13-17(11-12-20(5)6)19(14-18)16(4)10-8-2;;;/h15-16H,7-13H2,1-6H3;2*1H3;. The minimum absolute atomic E-state index is 0.765. The summed E-state index contributed by atoms with van der Waals surface area (Å²) in [6.07, 6.45) is 7.90. The van der Waals surface area contributed by atoms with E-state index in [9.17, 15) is 0 Å². The number of nitrogens with zero attached hydrogens (tertiary/aromatic N) is 1. The van der Waals surface area contributed by atoms with Crippen molar-refractivity contribution in [3.05, 3.63) is 20.6 Å². The van der Waals surface area contributed by atoms with E-state index in [1.165, 1.54) is 45.1 Å². The Labute approximate surface area is 152 Å². The van der Waals surface area contributed by atoms with E-state index in [1.807, 2.05) is 15.0 Å². The predicted molar refractivity (Wildman–Crippen MR) is 102 cm³/mol. The number of allylic oxidation sites excluding steroid dienone is 3. The molecule has 1 aliphatic carbocycles. The van der Waals surface area contributed by atoms with Gasteiger partial charge in [-0.25, -0.2) is 0 Å². The molecule has 0 aliphatic heterocycles. The van der Waals surface area contributed by atoms with Gasteiger partial charge in [0.15, 0.2) is 0 Å². The first-order valence-corrected chi connectivity index (χ1v) is 13.6. The third-order valence-electron chi connectivity index (χ3n) is 5.27. The summed E-state index contributed by atoms with van der Waals surface area (Å²) in [4.78, 5) is 2.34. The van der Waals surface area contributed by atoms with Gasteiger partial charge in [0.05, 0.1) is 0 Å². The first kappa shape index (κ1) is 21.2. The van der Waals surface area contributed by atoms with Crippen LogP contribution in [-0.4, -0.2) is 25.5 Å². The molecule has 0 fully saturated rings. The van der Waals surface area contributed by atoms with Gasteiger partial charge in [0, 0.05) is 0 Å². The Morgan fingerprint density at radius 3 is 2.04 bits per heavy atom. The van der Waals surface area contributed by atoms with Crippen molar-refractivity contribution < 1.29 is 17.9 Å². The monoisotopic (exact) mass is 354 g/mol. The molecule has 133 valence electrons. The van der Waals surface area contributed by atoms with Crippen LogP contribution in [0, 0.1) is 11.8 Å². The van der Waals surface area contributed by atoms with E-state index in [0.29, 0.717) is 0 Å². The van der Waals surface area contributed by atoms with Crippen molar-refractivity contribution in [3.8, 4) is 0 Å². The van der Waals surface area contributed by atoms with Crippen LogP contribution in [-0.2, 0) is 17.9 Å². The Balaban J connectivity index is 3.19. The molecule has 23 heavy (non-hydrogen) atoms. The van der Waals surface area contributed by atoms with Gasteiger partial charge in [-0.15, -0.1) is 0 Å². The Bertz CT molecular complexity index is 431. The Hall–Kier alpha value is 0.154. The van der Waals surface area contributed by atoms with Crippen LogP contribution in [0.2, 0.25) is 10.5 Å². The molecule has 0 bridgehead atoms. The van der Waals surface area contributed by atoms with Gasteiger partial charge in [-0.1, -0.05) is 0 Å². The van der Waals surface area contributed by atoms with Crippen LogP contribution in [0.4, 0.5) is 0 Å². The molecule has 0 N–H and O–H groups in total. The molecule has 1 aliphatic rings. The van der Waals surface area contributed by atoms with Gasteiger partial charge >= 0.3 is 153 Å². The van der Waals surface area contributed by atoms with Gasteiger partial charge in [-0.3, -0.25) is 0 Å². The minimum atomic E-state index is -1.07. The SMILES string of the molecule is CCCC(C)C1=[C]([Ti]([CH3])[CH3])C(C(C)CCC)=C(CCN(C)C)C1. The normalized spacial score (nSPS) is 18.1. The molecule has 0 saturated carbocycles. The molecule has 0 saturated heterocycles. The second-order valence-corrected chi connectivity index (χ2v) is 11.9. The summed E-state index contributed by atoms with van der Waals surface area (Å²) in [6, 6.07) is 0. The molecule has 0 aromatic rings. The van der Waals surface area contributed by atoms with E-state index in [2.05, 4.69) is 57.1 Å². The van der Waals surface area contributed by atoms with Crippen molar-refractivity contribution >= 4 is 0 Å². The van der Waals surface area contributed by atoms with E-state index in [-0.39, 0.29) is 0 Å². The van der Waals surface area contributed by atoms with Gasteiger partial charge < -0.3 is 0 Å². The number of rotatable bonds is 10. The van der Waals surface area contributed by atoms with Gasteiger partial charge in [0.2, 0.25) is 0 Å². The van der Waals surface area contributed by atoms with Gasteiger partial charge in [-0.05, 0) is 0 Å². The maximum absolute atomic E-state index is 2.57. The van der Waals surface area contributed by atoms with Crippen molar-refractivity contribution in [3.63, 3.8) is 0 Å². The zero-order valence-electron chi connectivity index (χ0n) is 17.1. The summed E-state index contributed by atoms with van der Waals surface area (Å²) in [7, 11) is 4.41. The zero-order valence-corrected chi connectivity index (χ0v) is 18.6. The van der Waals surface area contributed by atoms with Crippen LogP contribution in [0.5, 0.6) is 0 Å². The fourth-order valence-electron chi connectivity index (χ4n) is 4.14. The molecule has 1 rings (SSSR count). The van der Waals surface area contributed by atoms with Crippen molar-refractivity contribution in [1.29, 1.82) is 0 Å². The van der Waals surface area contributed by atoms with Gasteiger partial charge in [0.1, 0.15) is 0 Å². The Morgan fingerprint density at radius 1 is 1.00 bits per heavy atom. The van der Waals surface area contributed by atoms with E-state index < -0.39 is 17.9 Å². The first-order valence-electron chi connectivity index (χ1n) is 9.73. The fourth-order valence-corrected chi connectivity index (χ4v) is 7.16. The number of hydrogen-bond acceptors (Lipinski definition) is 1. The van der Waals surface area contributed by atoms with Gasteiger partial charge in [-0.2, -0.15) is 0 Å². The number of hydrogen-bond donors (Lipinski definition) is 0. The maximum atomic E-state index is 2.57. The first-order chi connectivity index (χ1) is 10.8. The molecule has 0 radical (unpaired) electrons. The van der Waals surface area contributed by atoms with E-state index in [1.54, 1.807) is 5.57 Å². The summed E-state index contributed by atoms with van der Waals surface area (Å²) in [5.74, 6) is 1.55. The molecule has 2 atom stereocenters. The fraction of sp³-hybridized carbons (Fsp3) is 0.810.